The van der Waals surface area contributed by atoms with Crippen molar-refractivity contribution < 1.29 is 0 Å². The Kier molecular flexibility index (Phi) is 4.59. The maximum atomic E-state index is 11.6. The molecule has 27 heavy (non-hydrogen) atoms. The number of rotatable bonds is 4. The predicted octanol–water partition coefficient (Wildman–Crippen LogP) is 4.08. The zero-order chi connectivity index (χ0) is 19.0. The molecule has 6 nitrogen and oxygen atoms in total. The molecule has 0 bridgehead atoms. The Morgan fingerprint density at radius 1 is 1.00 bits per heavy atom. The molecule has 0 aliphatic rings. The first kappa shape index (κ1) is 17.6. The highest BCUT2D eigenvalue weighted by molar-refractivity contribution is 8.00. The summed E-state index contributed by atoms with van der Waals surface area (Å²) in [5, 5.41) is 0.811. The van der Waals surface area contributed by atoms with Crippen LogP contribution in [0.15, 0.2) is 56.9 Å². The van der Waals surface area contributed by atoms with Crippen LogP contribution in [-0.4, -0.2) is 15.0 Å². The van der Waals surface area contributed by atoms with Gasteiger partial charge in [0, 0.05) is 4.90 Å². The third kappa shape index (κ3) is 3.54. The smallest absolute Gasteiger partial charge is 0.314 e. The molecule has 0 atom stereocenters. The molecule has 2 heterocycles. The summed E-state index contributed by atoms with van der Waals surface area (Å²) in [7, 11) is 0. The molecule has 0 radical (unpaired) electrons. The lowest BCUT2D eigenvalue weighted by Gasteiger charge is -2.07. The van der Waals surface area contributed by atoms with Gasteiger partial charge in [-0.25, -0.2) is 4.98 Å². The zero-order valence-corrected chi connectivity index (χ0v) is 16.3. The summed E-state index contributed by atoms with van der Waals surface area (Å²) in [6.07, 6.45) is 0. The van der Waals surface area contributed by atoms with E-state index in [9.17, 15) is 9.59 Å². The third-order valence-electron chi connectivity index (χ3n) is 4.10. The molecule has 3 N–H and O–H groups in total. The molecule has 0 fully saturated rings. The van der Waals surface area contributed by atoms with E-state index in [1.165, 1.54) is 11.9 Å². The van der Waals surface area contributed by atoms with E-state index in [1.54, 1.807) is 11.3 Å². The SMILES string of the molecule is Cc1cc2[nH]c(=O)c(=O)[nH]c2cc1SNc1nc(C)c(-c2ccccc2)s1. The Bertz CT molecular complexity index is 1240. The standard InChI is InChI=1S/C19H16N4O2S2/c1-10-8-13-14(22-18(25)17(24)21-13)9-15(10)27-23-19-20-11(2)16(26-19)12-6-4-3-5-7-12/h3-9H,1-2H3,(H,20,23)(H,21,24)(H,22,25). The summed E-state index contributed by atoms with van der Waals surface area (Å²) < 4.78 is 3.28. The fourth-order valence-electron chi connectivity index (χ4n) is 2.76. The first-order valence-electron chi connectivity index (χ1n) is 8.24. The van der Waals surface area contributed by atoms with E-state index >= 15 is 0 Å². The second kappa shape index (κ2) is 7.05. The van der Waals surface area contributed by atoms with Gasteiger partial charge in [0.25, 0.3) is 0 Å². The lowest BCUT2D eigenvalue weighted by atomic mass is 10.2. The van der Waals surface area contributed by atoms with E-state index in [2.05, 4.69) is 31.8 Å². The largest absolute Gasteiger partial charge is 0.316 e. The number of aromatic amines is 2. The number of hydrogen-bond donors (Lipinski definition) is 3. The van der Waals surface area contributed by atoms with Gasteiger partial charge in [-0.2, -0.15) is 0 Å². The van der Waals surface area contributed by atoms with Crippen LogP contribution in [0.2, 0.25) is 0 Å². The first-order chi connectivity index (χ1) is 13.0. The highest BCUT2D eigenvalue weighted by Crippen LogP contribution is 2.35. The van der Waals surface area contributed by atoms with E-state index in [0.717, 1.165) is 31.7 Å². The summed E-state index contributed by atoms with van der Waals surface area (Å²) in [6, 6.07) is 13.9. The second-order valence-electron chi connectivity index (χ2n) is 6.08. The summed E-state index contributed by atoms with van der Waals surface area (Å²) in [4.78, 5) is 34.9. The number of thiazole rings is 1. The molecule has 0 saturated carbocycles. The molecule has 2 aromatic carbocycles. The molecule has 4 aromatic rings. The molecule has 0 unspecified atom stereocenters. The number of hydrogen-bond acceptors (Lipinski definition) is 6. The van der Waals surface area contributed by atoms with Crippen LogP contribution in [0.3, 0.4) is 0 Å². The van der Waals surface area contributed by atoms with Crippen LogP contribution < -0.4 is 15.8 Å². The van der Waals surface area contributed by atoms with Crippen LogP contribution in [0.1, 0.15) is 11.3 Å². The van der Waals surface area contributed by atoms with E-state index in [4.69, 9.17) is 0 Å². The van der Waals surface area contributed by atoms with Gasteiger partial charge in [0.05, 0.1) is 21.6 Å². The Morgan fingerprint density at radius 3 is 2.37 bits per heavy atom. The molecule has 8 heteroatoms. The number of H-pyrrole nitrogens is 2. The Balaban J connectivity index is 1.60. The first-order valence-corrected chi connectivity index (χ1v) is 9.87. The topological polar surface area (TPSA) is 90.6 Å². The number of aryl methyl sites for hydroxylation is 2. The Morgan fingerprint density at radius 2 is 1.67 bits per heavy atom. The minimum absolute atomic E-state index is 0.592. The van der Waals surface area contributed by atoms with Crippen LogP contribution in [-0.2, 0) is 0 Å². The quantitative estimate of drug-likeness (QED) is 0.357. The van der Waals surface area contributed by atoms with Crippen LogP contribution in [0.25, 0.3) is 21.5 Å². The van der Waals surface area contributed by atoms with Gasteiger partial charge in [0.1, 0.15) is 0 Å². The van der Waals surface area contributed by atoms with Gasteiger partial charge in [-0.05, 0) is 49.1 Å². The van der Waals surface area contributed by atoms with Crippen molar-refractivity contribution >= 4 is 39.4 Å². The fourth-order valence-corrected chi connectivity index (χ4v) is 4.51. The average molecular weight is 396 g/mol. The predicted molar refractivity (Wildman–Crippen MR) is 112 cm³/mol. The normalized spacial score (nSPS) is 11.0. The summed E-state index contributed by atoms with van der Waals surface area (Å²) >= 11 is 3.02. The molecule has 4 rings (SSSR count). The monoisotopic (exact) mass is 396 g/mol. The highest BCUT2D eigenvalue weighted by atomic mass is 32.2. The van der Waals surface area contributed by atoms with Crippen molar-refractivity contribution in [2.75, 3.05) is 4.72 Å². The maximum absolute atomic E-state index is 11.6. The molecule has 0 spiro atoms. The van der Waals surface area contributed by atoms with Crippen LogP contribution in [0.4, 0.5) is 5.13 Å². The van der Waals surface area contributed by atoms with E-state index in [1.807, 2.05) is 44.2 Å². The fraction of sp³-hybridized carbons (Fsp3) is 0.105. The maximum Gasteiger partial charge on any atom is 0.314 e. The molecule has 0 aliphatic carbocycles. The van der Waals surface area contributed by atoms with Gasteiger partial charge >= 0.3 is 11.1 Å². The van der Waals surface area contributed by atoms with Crippen molar-refractivity contribution in [1.29, 1.82) is 0 Å². The minimum Gasteiger partial charge on any atom is -0.316 e. The molecule has 0 saturated heterocycles. The van der Waals surface area contributed by atoms with Gasteiger partial charge in [-0.15, -0.1) is 0 Å². The van der Waals surface area contributed by atoms with Crippen LogP contribution >= 0.6 is 23.3 Å². The number of aromatic nitrogens is 3. The lowest BCUT2D eigenvalue weighted by Crippen LogP contribution is -2.28. The Hall–Kier alpha value is -2.84. The van der Waals surface area contributed by atoms with Crippen molar-refractivity contribution in [2.45, 2.75) is 18.7 Å². The molecule has 0 amide bonds. The summed E-state index contributed by atoms with van der Waals surface area (Å²) in [5.41, 5.74) is 3.01. The number of fused-ring (bicyclic) bond motifs is 1. The van der Waals surface area contributed by atoms with Crippen LogP contribution in [0.5, 0.6) is 0 Å². The van der Waals surface area contributed by atoms with Gasteiger partial charge in [-0.1, -0.05) is 41.7 Å². The number of nitrogens with one attached hydrogen (secondary N) is 3. The van der Waals surface area contributed by atoms with Crippen molar-refractivity contribution in [1.82, 2.24) is 15.0 Å². The van der Waals surface area contributed by atoms with Gasteiger partial charge in [-0.3, -0.25) is 9.59 Å². The summed E-state index contributed by atoms with van der Waals surface area (Å²) in [5.74, 6) is 0. The zero-order valence-electron chi connectivity index (χ0n) is 14.6. The van der Waals surface area contributed by atoms with Gasteiger partial charge in [0.2, 0.25) is 0 Å². The van der Waals surface area contributed by atoms with E-state index in [0.29, 0.717) is 11.0 Å². The second-order valence-corrected chi connectivity index (χ2v) is 7.92. The van der Waals surface area contributed by atoms with Gasteiger partial charge < -0.3 is 14.7 Å². The molecule has 0 aliphatic heterocycles. The van der Waals surface area contributed by atoms with Gasteiger partial charge in [0.15, 0.2) is 5.13 Å². The van der Waals surface area contributed by atoms with Crippen molar-refractivity contribution in [3.8, 4) is 10.4 Å². The average Bonchev–Trinajstić information content (AvgIpc) is 3.03. The minimum atomic E-state index is -0.654. The van der Waals surface area contributed by atoms with E-state index in [-0.39, 0.29) is 0 Å². The van der Waals surface area contributed by atoms with Crippen molar-refractivity contribution in [2.24, 2.45) is 0 Å². The van der Waals surface area contributed by atoms with Crippen LogP contribution in [0, 0.1) is 13.8 Å². The van der Waals surface area contributed by atoms with Crippen molar-refractivity contribution in [3.63, 3.8) is 0 Å². The summed E-state index contributed by atoms with van der Waals surface area (Å²) in [6.45, 7) is 3.95. The lowest BCUT2D eigenvalue weighted by molar-refractivity contribution is 1.13. The molecule has 136 valence electrons. The molecular formula is C19H16N4O2S2. The number of anilines is 1. The van der Waals surface area contributed by atoms with Crippen molar-refractivity contribution in [3.05, 3.63) is 74.4 Å². The number of benzene rings is 2. The highest BCUT2D eigenvalue weighted by Gasteiger charge is 2.11. The molecule has 2 aromatic heterocycles. The molecular weight excluding hydrogens is 380 g/mol. The van der Waals surface area contributed by atoms with E-state index < -0.39 is 11.1 Å². The number of nitrogens with zero attached hydrogens (tertiary/aromatic N) is 1. The third-order valence-corrected chi connectivity index (χ3v) is 6.30. The Labute approximate surface area is 162 Å².